The van der Waals surface area contributed by atoms with Crippen molar-refractivity contribution in [3.8, 4) is 0 Å². The molecule has 5 rings (SSSR count). The summed E-state index contributed by atoms with van der Waals surface area (Å²) in [6, 6.07) is 2.82. The van der Waals surface area contributed by atoms with Crippen molar-refractivity contribution >= 4 is 24.0 Å². The summed E-state index contributed by atoms with van der Waals surface area (Å²) < 4.78 is 0. The van der Waals surface area contributed by atoms with Crippen LogP contribution in [0.4, 0.5) is 0 Å². The van der Waals surface area contributed by atoms with Crippen LogP contribution in [-0.2, 0) is 0 Å². The van der Waals surface area contributed by atoms with Gasteiger partial charge >= 0.3 is 0 Å². The van der Waals surface area contributed by atoms with Gasteiger partial charge in [-0.25, -0.2) is 0 Å². The van der Waals surface area contributed by atoms with Gasteiger partial charge in [-0.3, -0.25) is 24.1 Å². The summed E-state index contributed by atoms with van der Waals surface area (Å²) in [7, 11) is 1.72. The molecule has 1 aliphatic heterocycles. The molecular weight excluding hydrogens is 608 g/mol. The topological polar surface area (TPSA) is 74.8 Å². The summed E-state index contributed by atoms with van der Waals surface area (Å²) in [5.74, 6) is -0.476. The van der Waals surface area contributed by atoms with Gasteiger partial charge < -0.3 is 4.90 Å². The van der Waals surface area contributed by atoms with Crippen molar-refractivity contribution in [2.75, 3.05) is 7.05 Å². The van der Waals surface area contributed by atoms with Crippen LogP contribution in [0.3, 0.4) is 0 Å². The van der Waals surface area contributed by atoms with Gasteiger partial charge in [0.2, 0.25) is 0 Å². The molecule has 2 bridgehead atoms. The van der Waals surface area contributed by atoms with Gasteiger partial charge in [0, 0.05) is 29.8 Å². The van der Waals surface area contributed by atoms with Crippen molar-refractivity contribution < 1.29 is 19.2 Å². The molecule has 0 N–H and O–H groups in total. The fraction of sp³-hybridized carbons (Fsp3) is 0.488. The minimum Gasteiger partial charge on any atom is -0.311 e. The Labute approximate surface area is 293 Å². The number of rotatable bonds is 3. The molecule has 4 atom stereocenters. The molecule has 6 heteroatoms. The van der Waals surface area contributed by atoms with E-state index in [-0.39, 0.29) is 39.5 Å². The predicted octanol–water partition coefficient (Wildman–Crippen LogP) is 9.67. The lowest BCUT2D eigenvalue weighted by Gasteiger charge is -2.41. The van der Waals surface area contributed by atoms with E-state index in [1.54, 1.807) is 32.7 Å². The van der Waals surface area contributed by atoms with Crippen LogP contribution in [-0.4, -0.2) is 46.4 Å². The van der Waals surface area contributed by atoms with Gasteiger partial charge in [0.05, 0.1) is 16.7 Å². The highest BCUT2D eigenvalue weighted by Crippen LogP contribution is 2.52. The highest BCUT2D eigenvalue weighted by Gasteiger charge is 2.44. The van der Waals surface area contributed by atoms with E-state index in [0.717, 1.165) is 40.8 Å². The van der Waals surface area contributed by atoms with Gasteiger partial charge in [0.25, 0.3) is 17.7 Å². The fourth-order valence-electron chi connectivity index (χ4n) is 9.36. The number of aldehydes is 1. The molecule has 0 saturated heterocycles. The first-order valence-corrected chi connectivity index (χ1v) is 17.7. The summed E-state index contributed by atoms with van der Waals surface area (Å²) in [4.78, 5) is 56.5. The van der Waals surface area contributed by atoms with Crippen LogP contribution >= 0.6 is 0 Å². The van der Waals surface area contributed by atoms with Gasteiger partial charge in [0.15, 0.2) is 6.29 Å². The number of allylic oxidation sites excluding steroid dienone is 9. The Morgan fingerprint density at radius 2 is 1.37 bits per heavy atom. The van der Waals surface area contributed by atoms with E-state index in [4.69, 9.17) is 13.2 Å². The largest absolute Gasteiger partial charge is 0.311 e. The van der Waals surface area contributed by atoms with E-state index in [0.29, 0.717) is 18.1 Å². The lowest BCUT2D eigenvalue weighted by molar-refractivity contribution is 0.0507. The molecule has 0 aromatic heterocycles. The van der Waals surface area contributed by atoms with E-state index in [2.05, 4.69) is 53.7 Å². The second-order valence-corrected chi connectivity index (χ2v) is 16.7. The van der Waals surface area contributed by atoms with Crippen molar-refractivity contribution in [1.82, 2.24) is 9.80 Å². The lowest BCUT2D eigenvalue weighted by Crippen LogP contribution is -2.45. The average Bonchev–Trinajstić information content (AvgIpc) is 3.29. The Hall–Kier alpha value is -4.06. The van der Waals surface area contributed by atoms with Gasteiger partial charge in [-0.2, -0.15) is 0 Å². The van der Waals surface area contributed by atoms with Crippen LogP contribution in [0, 0.1) is 29.1 Å². The molecule has 1 saturated carbocycles. The highest BCUT2D eigenvalue weighted by molar-refractivity contribution is 6.23. The molecule has 1 fully saturated rings. The Balaban J connectivity index is 1.70. The Bertz CT molecular complexity index is 1820. The quantitative estimate of drug-likeness (QED) is 0.239. The van der Waals surface area contributed by atoms with E-state index in [1.165, 1.54) is 46.6 Å². The number of imide groups is 1. The minimum atomic E-state index is -0.762. The molecule has 0 spiro atoms. The van der Waals surface area contributed by atoms with Crippen LogP contribution in [0.2, 0.25) is 0 Å². The van der Waals surface area contributed by atoms with E-state index in [9.17, 15) is 19.2 Å². The number of fused-ring (bicyclic) bond motifs is 1. The Morgan fingerprint density at radius 1 is 0.837 bits per heavy atom. The zero-order chi connectivity index (χ0) is 36.5. The molecule has 6 nitrogen and oxygen atoms in total. The van der Waals surface area contributed by atoms with Crippen molar-refractivity contribution in [1.29, 1.82) is 0 Å². The van der Waals surface area contributed by atoms with Crippen molar-refractivity contribution in [3.63, 3.8) is 0 Å². The Morgan fingerprint density at radius 3 is 1.92 bits per heavy atom. The van der Waals surface area contributed by atoms with Gasteiger partial charge in [-0.1, -0.05) is 64.5 Å². The van der Waals surface area contributed by atoms with Crippen LogP contribution in [0.5, 0.6) is 0 Å². The second-order valence-electron chi connectivity index (χ2n) is 16.7. The number of likely N-dealkylation sites (N-methyl/N-ethyl adjacent to an activating group) is 1. The number of hydrogen-bond acceptors (Lipinski definition) is 4. The second kappa shape index (κ2) is 12.7. The van der Waals surface area contributed by atoms with Crippen molar-refractivity contribution in [3.05, 3.63) is 104 Å². The average molecular weight is 663 g/mol. The zero-order valence-corrected chi connectivity index (χ0v) is 31.5. The summed E-state index contributed by atoms with van der Waals surface area (Å²) in [5, 5.41) is 0. The summed E-state index contributed by atoms with van der Waals surface area (Å²) in [6.45, 7) is 30.3. The van der Waals surface area contributed by atoms with E-state index < -0.39 is 23.3 Å². The number of benzene rings is 1. The monoisotopic (exact) mass is 662 g/mol. The normalized spacial score (nSPS) is 30.1. The smallest absolute Gasteiger partial charge is 0.262 e. The lowest BCUT2D eigenvalue weighted by atomic mass is 9.63. The third kappa shape index (κ3) is 6.06. The van der Waals surface area contributed by atoms with Gasteiger partial charge in [-0.15, -0.1) is 0 Å². The Kier molecular flexibility index (Phi) is 9.37. The predicted molar refractivity (Wildman–Crippen MR) is 197 cm³/mol. The fourth-order valence-corrected chi connectivity index (χ4v) is 9.36. The third-order valence-electron chi connectivity index (χ3n) is 11.4. The maximum absolute atomic E-state index is 14.5. The highest BCUT2D eigenvalue weighted by atomic mass is 16.2. The first-order chi connectivity index (χ1) is 22.7. The molecule has 4 unspecified atom stereocenters. The van der Waals surface area contributed by atoms with Gasteiger partial charge in [-0.05, 0) is 130 Å². The summed E-state index contributed by atoms with van der Waals surface area (Å²) >= 11 is 0. The molecule has 3 aliphatic carbocycles. The van der Waals surface area contributed by atoms with Crippen molar-refractivity contribution in [2.45, 2.75) is 100 Å². The third-order valence-corrected chi connectivity index (χ3v) is 11.4. The molecule has 260 valence electrons. The van der Waals surface area contributed by atoms with E-state index >= 15 is 0 Å². The molecule has 1 aromatic carbocycles. The molecule has 1 heterocycles. The first kappa shape index (κ1) is 36.2. The number of hydrogen-bond donors (Lipinski definition) is 0. The molecular formula is C43H54N2O4. The van der Waals surface area contributed by atoms with Crippen LogP contribution in [0.15, 0.2) is 82.2 Å². The first-order valence-electron chi connectivity index (χ1n) is 17.7. The minimum absolute atomic E-state index is 0.000187. The summed E-state index contributed by atoms with van der Waals surface area (Å²) in [6.07, 6.45) is 9.93. The SMILES string of the molecule is C=C1/C(C)=C(C(C)(C)C)\C(C)=C/C2/C=C(C)\C(N(C)C(=O)c3cc4c(cc3C=O)C(=O)N(C(C)(C)C)C4=O)=C(\C)C(=C)C1C1CCCCC21. The molecule has 49 heavy (non-hydrogen) atoms. The van der Waals surface area contributed by atoms with Gasteiger partial charge in [0.1, 0.15) is 0 Å². The number of carbonyl (C=O) groups excluding carboxylic acids is 4. The standard InChI is InChI=1S/C43H54N2O4/c1-23-18-29-19-24(2)38(28(6)26(4)36(32-17-15-14-16-31(29)32)25(3)27(5)37(23)42(7,8)9)44(13)39(47)33-21-35-34(20-30(33)22-46)40(48)45(41(35)49)43(10,11)12/h18-22,29,31-32,36H,3-4,14-17H2,1-2,5-13H3/b23-18-,24-19-,37-27+,38-28+. The van der Waals surface area contributed by atoms with Crippen LogP contribution < -0.4 is 0 Å². The number of carbonyl (C=O) groups is 4. The van der Waals surface area contributed by atoms with Crippen LogP contribution in [0.1, 0.15) is 136 Å². The summed E-state index contributed by atoms with van der Waals surface area (Å²) in [5.41, 5.74) is 8.07. The molecule has 1 aromatic rings. The zero-order valence-electron chi connectivity index (χ0n) is 31.5. The molecule has 3 amide bonds. The number of nitrogens with zero attached hydrogens (tertiary/aromatic N) is 2. The molecule has 0 radical (unpaired) electrons. The van der Waals surface area contributed by atoms with E-state index in [1.807, 2.05) is 6.92 Å². The number of amides is 3. The maximum Gasteiger partial charge on any atom is 0.262 e. The maximum atomic E-state index is 14.5. The molecule has 4 aliphatic rings. The van der Waals surface area contributed by atoms with Crippen LogP contribution in [0.25, 0.3) is 0 Å². The van der Waals surface area contributed by atoms with Crippen molar-refractivity contribution in [2.24, 2.45) is 29.1 Å².